The van der Waals surface area contributed by atoms with Crippen molar-refractivity contribution in [1.82, 2.24) is 4.98 Å². The number of carboxylic acid groups (broad SMARTS) is 1. The van der Waals surface area contributed by atoms with E-state index in [1.54, 1.807) is 18.3 Å². The molecule has 0 radical (unpaired) electrons. The average Bonchev–Trinajstić information content (AvgIpc) is 2.30. The van der Waals surface area contributed by atoms with E-state index in [2.05, 4.69) is 20.9 Å². The topological polar surface area (TPSA) is 50.2 Å². The van der Waals surface area contributed by atoms with E-state index < -0.39 is 5.97 Å². The Bertz CT molecular complexity index is 545. The third-order valence-electron chi connectivity index (χ3n) is 2.04. The molecule has 2 aromatic rings. The van der Waals surface area contributed by atoms with Gasteiger partial charge in [0.25, 0.3) is 0 Å². The van der Waals surface area contributed by atoms with Crippen molar-refractivity contribution in [2.45, 2.75) is 9.92 Å². The Hall–Kier alpha value is -1.33. The van der Waals surface area contributed by atoms with E-state index in [1.165, 1.54) is 11.8 Å². The van der Waals surface area contributed by atoms with Crippen LogP contribution in [0, 0.1) is 0 Å². The molecule has 0 aliphatic carbocycles. The Balaban J connectivity index is 2.40. The summed E-state index contributed by atoms with van der Waals surface area (Å²) in [6, 6.07) is 10.8. The maximum atomic E-state index is 11.2. The van der Waals surface area contributed by atoms with E-state index >= 15 is 0 Å². The summed E-state index contributed by atoms with van der Waals surface area (Å²) in [5.41, 5.74) is 0.267. The maximum absolute atomic E-state index is 11.2. The number of halogens is 1. The Morgan fingerprint density at radius 1 is 1.24 bits per heavy atom. The monoisotopic (exact) mass is 309 g/mol. The van der Waals surface area contributed by atoms with Gasteiger partial charge in [0, 0.05) is 15.6 Å². The molecule has 0 saturated heterocycles. The second-order valence-corrected chi connectivity index (χ2v) is 5.10. The zero-order valence-corrected chi connectivity index (χ0v) is 11.0. The Kier molecular flexibility index (Phi) is 3.81. The first kappa shape index (κ1) is 12.1. The molecule has 3 nitrogen and oxygen atoms in total. The van der Waals surface area contributed by atoms with Gasteiger partial charge in [-0.1, -0.05) is 23.9 Å². The Morgan fingerprint density at radius 3 is 2.71 bits per heavy atom. The first-order valence-corrected chi connectivity index (χ1v) is 6.40. The minimum Gasteiger partial charge on any atom is -0.478 e. The van der Waals surface area contributed by atoms with Crippen molar-refractivity contribution < 1.29 is 9.90 Å². The van der Waals surface area contributed by atoms with Crippen molar-refractivity contribution in [2.75, 3.05) is 0 Å². The van der Waals surface area contributed by atoms with Gasteiger partial charge < -0.3 is 5.11 Å². The number of hydrogen-bond donors (Lipinski definition) is 1. The fourth-order valence-electron chi connectivity index (χ4n) is 1.32. The second-order valence-electron chi connectivity index (χ2n) is 3.19. The van der Waals surface area contributed by atoms with Crippen LogP contribution in [0.15, 0.2) is 57.0 Å². The molecule has 0 saturated carbocycles. The molecule has 0 spiro atoms. The van der Waals surface area contributed by atoms with Gasteiger partial charge in [-0.2, -0.15) is 0 Å². The minimum absolute atomic E-state index is 0.267. The van der Waals surface area contributed by atoms with Gasteiger partial charge in [-0.3, -0.25) is 0 Å². The second kappa shape index (κ2) is 5.33. The number of benzene rings is 1. The highest BCUT2D eigenvalue weighted by molar-refractivity contribution is 9.10. The molecule has 86 valence electrons. The number of aromatic carboxylic acids is 1. The van der Waals surface area contributed by atoms with Crippen LogP contribution < -0.4 is 0 Å². The lowest BCUT2D eigenvalue weighted by Crippen LogP contribution is -2.00. The van der Waals surface area contributed by atoms with Gasteiger partial charge in [0.1, 0.15) is 5.03 Å². The number of carbonyl (C=O) groups is 1. The van der Waals surface area contributed by atoms with Gasteiger partial charge in [-0.05, 0) is 40.2 Å². The smallest absolute Gasteiger partial charge is 0.338 e. The number of rotatable bonds is 3. The number of pyridine rings is 1. The molecular weight excluding hydrogens is 302 g/mol. The van der Waals surface area contributed by atoms with Crippen LogP contribution in [0.1, 0.15) is 10.4 Å². The van der Waals surface area contributed by atoms with Crippen LogP contribution >= 0.6 is 27.7 Å². The van der Waals surface area contributed by atoms with Crippen LogP contribution in [-0.4, -0.2) is 16.1 Å². The normalized spacial score (nSPS) is 10.2. The van der Waals surface area contributed by atoms with Gasteiger partial charge in [0.05, 0.1) is 5.56 Å². The van der Waals surface area contributed by atoms with Crippen molar-refractivity contribution in [3.8, 4) is 0 Å². The predicted molar refractivity (Wildman–Crippen MR) is 69.5 cm³/mol. The highest BCUT2D eigenvalue weighted by Crippen LogP contribution is 2.32. The quantitative estimate of drug-likeness (QED) is 0.939. The van der Waals surface area contributed by atoms with Crippen LogP contribution in [0.2, 0.25) is 0 Å². The summed E-state index contributed by atoms with van der Waals surface area (Å²) in [6.45, 7) is 0. The van der Waals surface area contributed by atoms with E-state index in [1.807, 2.05) is 24.3 Å². The Labute approximate surface area is 111 Å². The third-order valence-corrected chi connectivity index (χ3v) is 3.71. The minimum atomic E-state index is -0.948. The maximum Gasteiger partial charge on any atom is 0.338 e. The molecule has 1 aromatic carbocycles. The first-order valence-electron chi connectivity index (χ1n) is 4.79. The van der Waals surface area contributed by atoms with Crippen LogP contribution in [0.25, 0.3) is 0 Å². The summed E-state index contributed by atoms with van der Waals surface area (Å²) >= 11 is 4.58. The molecule has 0 atom stereocenters. The lowest BCUT2D eigenvalue weighted by Gasteiger charge is -2.06. The summed E-state index contributed by atoms with van der Waals surface area (Å²) in [5, 5.41) is 9.93. The standard InChI is InChI=1S/C12H8BrNO2S/c13-8-4-3-5-9(11(8)12(15)16)17-10-6-1-2-7-14-10/h1-7H,(H,15,16). The summed E-state index contributed by atoms with van der Waals surface area (Å²) < 4.78 is 0.575. The average molecular weight is 310 g/mol. The van der Waals surface area contributed by atoms with Crippen molar-refractivity contribution >= 4 is 33.7 Å². The fourth-order valence-corrected chi connectivity index (χ4v) is 2.92. The van der Waals surface area contributed by atoms with Crippen LogP contribution in [0.5, 0.6) is 0 Å². The zero-order valence-electron chi connectivity index (χ0n) is 8.63. The van der Waals surface area contributed by atoms with Crippen LogP contribution in [-0.2, 0) is 0 Å². The molecule has 0 aliphatic rings. The zero-order chi connectivity index (χ0) is 12.3. The molecule has 0 unspecified atom stereocenters. The highest BCUT2D eigenvalue weighted by atomic mass is 79.9. The molecule has 0 amide bonds. The van der Waals surface area contributed by atoms with Crippen molar-refractivity contribution in [2.24, 2.45) is 0 Å². The van der Waals surface area contributed by atoms with Gasteiger partial charge in [0.15, 0.2) is 0 Å². The summed E-state index contributed by atoms with van der Waals surface area (Å²) in [6.07, 6.45) is 1.68. The molecule has 1 N–H and O–H groups in total. The van der Waals surface area contributed by atoms with Gasteiger partial charge >= 0.3 is 5.97 Å². The molecule has 2 rings (SSSR count). The van der Waals surface area contributed by atoms with E-state index in [9.17, 15) is 4.79 Å². The molecule has 17 heavy (non-hydrogen) atoms. The number of carboxylic acids is 1. The third kappa shape index (κ3) is 2.87. The molecular formula is C12H8BrNO2S. The van der Waals surface area contributed by atoms with E-state index in [0.717, 1.165) is 5.03 Å². The molecule has 0 bridgehead atoms. The molecule has 0 aliphatic heterocycles. The SMILES string of the molecule is O=C(O)c1c(Br)cccc1Sc1ccccn1. The largest absolute Gasteiger partial charge is 0.478 e. The molecule has 1 heterocycles. The predicted octanol–water partition coefficient (Wildman–Crippen LogP) is 3.69. The van der Waals surface area contributed by atoms with Gasteiger partial charge in [-0.25, -0.2) is 9.78 Å². The number of aromatic nitrogens is 1. The molecule has 5 heteroatoms. The summed E-state index contributed by atoms with van der Waals surface area (Å²) in [7, 11) is 0. The van der Waals surface area contributed by atoms with E-state index in [0.29, 0.717) is 9.37 Å². The van der Waals surface area contributed by atoms with Crippen molar-refractivity contribution in [3.63, 3.8) is 0 Å². The number of hydrogen-bond acceptors (Lipinski definition) is 3. The lowest BCUT2D eigenvalue weighted by molar-refractivity contribution is 0.0692. The Morgan fingerprint density at radius 2 is 2.06 bits per heavy atom. The van der Waals surface area contributed by atoms with E-state index in [-0.39, 0.29) is 5.56 Å². The van der Waals surface area contributed by atoms with Gasteiger partial charge in [0.2, 0.25) is 0 Å². The number of nitrogens with zero attached hydrogens (tertiary/aromatic N) is 1. The van der Waals surface area contributed by atoms with Crippen molar-refractivity contribution in [1.29, 1.82) is 0 Å². The first-order chi connectivity index (χ1) is 8.18. The van der Waals surface area contributed by atoms with E-state index in [4.69, 9.17) is 5.11 Å². The fraction of sp³-hybridized carbons (Fsp3) is 0. The molecule has 0 fully saturated rings. The highest BCUT2D eigenvalue weighted by Gasteiger charge is 2.14. The van der Waals surface area contributed by atoms with Crippen molar-refractivity contribution in [3.05, 3.63) is 52.6 Å². The summed E-state index contributed by atoms with van der Waals surface area (Å²) in [4.78, 5) is 16.0. The molecule has 1 aromatic heterocycles. The van der Waals surface area contributed by atoms with Crippen LogP contribution in [0.3, 0.4) is 0 Å². The van der Waals surface area contributed by atoms with Gasteiger partial charge in [-0.15, -0.1) is 0 Å². The van der Waals surface area contributed by atoms with Crippen LogP contribution in [0.4, 0.5) is 0 Å². The lowest BCUT2D eigenvalue weighted by atomic mass is 10.2. The summed E-state index contributed by atoms with van der Waals surface area (Å²) in [5.74, 6) is -0.948.